The topological polar surface area (TPSA) is 117 Å². The summed E-state index contributed by atoms with van der Waals surface area (Å²) in [6.45, 7) is 2.43. The molecule has 0 aliphatic carbocycles. The predicted octanol–water partition coefficient (Wildman–Crippen LogP) is 4.63. The molecule has 0 amide bonds. The van der Waals surface area contributed by atoms with Gasteiger partial charge >= 0.3 is 12.1 Å². The molecule has 1 aliphatic heterocycles. The zero-order valence-electron chi connectivity index (χ0n) is 19.8. The van der Waals surface area contributed by atoms with E-state index in [-0.39, 0.29) is 35.6 Å². The van der Waals surface area contributed by atoms with Crippen molar-refractivity contribution in [2.75, 3.05) is 19.7 Å². The van der Waals surface area contributed by atoms with Crippen molar-refractivity contribution in [2.24, 2.45) is 10.7 Å². The number of H-pyrrole nitrogens is 1. The molecule has 0 saturated carbocycles. The van der Waals surface area contributed by atoms with Gasteiger partial charge in [0.05, 0.1) is 28.3 Å². The Morgan fingerprint density at radius 3 is 2.81 bits per heavy atom. The fraction of sp³-hybridized carbons (Fsp3) is 0.320. The lowest BCUT2D eigenvalue weighted by Gasteiger charge is -2.32. The number of aliphatic carboxylic acids is 1. The number of piperidine rings is 1. The number of allylic oxidation sites excluding steroid dienone is 1. The maximum absolute atomic E-state index is 15.0. The van der Waals surface area contributed by atoms with E-state index in [1.54, 1.807) is 17.9 Å². The van der Waals surface area contributed by atoms with Crippen molar-refractivity contribution in [1.29, 1.82) is 0 Å². The first-order valence-corrected chi connectivity index (χ1v) is 11.5. The van der Waals surface area contributed by atoms with Crippen LogP contribution in [0, 0.1) is 5.82 Å². The molecule has 1 aliphatic rings. The maximum Gasteiger partial charge on any atom is 0.416 e. The summed E-state index contributed by atoms with van der Waals surface area (Å²) in [5.41, 5.74) is 7.01. The number of aliphatic imine (C=N–C) groups is 1. The fourth-order valence-corrected chi connectivity index (χ4v) is 4.06. The highest BCUT2D eigenvalue weighted by molar-refractivity contribution is 5.81. The van der Waals surface area contributed by atoms with Crippen LogP contribution in [-0.4, -0.2) is 57.7 Å². The average Bonchev–Trinajstić information content (AvgIpc) is 3.28. The molecule has 4 N–H and O–H groups in total. The number of guanidine groups is 1. The van der Waals surface area contributed by atoms with E-state index in [0.29, 0.717) is 29.7 Å². The molecule has 37 heavy (non-hydrogen) atoms. The van der Waals surface area contributed by atoms with E-state index in [1.807, 2.05) is 0 Å². The molecule has 2 heterocycles. The van der Waals surface area contributed by atoms with Gasteiger partial charge in [0, 0.05) is 19.3 Å². The van der Waals surface area contributed by atoms with Crippen molar-refractivity contribution in [1.82, 2.24) is 14.9 Å². The lowest BCUT2D eigenvalue weighted by molar-refractivity contribution is -0.145. The maximum atomic E-state index is 15.0. The number of carbonyl (C=O) groups is 1. The van der Waals surface area contributed by atoms with Gasteiger partial charge in [0.2, 0.25) is 0 Å². The largest absolute Gasteiger partial charge is 0.480 e. The third-order valence-electron chi connectivity index (χ3n) is 6.02. The quantitative estimate of drug-likeness (QED) is 0.248. The van der Waals surface area contributed by atoms with E-state index in [2.05, 4.69) is 15.0 Å². The number of hydrogen-bond acceptors (Lipinski definition) is 4. The number of alkyl halides is 3. The molecule has 2 aromatic carbocycles. The van der Waals surface area contributed by atoms with Crippen LogP contribution in [0.3, 0.4) is 0 Å². The smallest absolute Gasteiger partial charge is 0.416 e. The molecule has 196 valence electrons. The van der Waals surface area contributed by atoms with Crippen LogP contribution < -0.4 is 5.73 Å². The summed E-state index contributed by atoms with van der Waals surface area (Å²) in [4.78, 5) is 23.8. The minimum absolute atomic E-state index is 0.116. The molecule has 3 aromatic rings. The summed E-state index contributed by atoms with van der Waals surface area (Å²) in [7, 11) is 0. The van der Waals surface area contributed by atoms with Gasteiger partial charge in [-0.15, -0.1) is 0 Å². The third-order valence-corrected chi connectivity index (χ3v) is 6.02. The number of imidazole rings is 1. The zero-order chi connectivity index (χ0) is 26.7. The first-order chi connectivity index (χ1) is 17.5. The van der Waals surface area contributed by atoms with Gasteiger partial charge in [0.1, 0.15) is 18.2 Å². The van der Waals surface area contributed by atoms with E-state index in [9.17, 15) is 22.4 Å². The summed E-state index contributed by atoms with van der Waals surface area (Å²) in [5, 5.41) is 8.78. The van der Waals surface area contributed by atoms with Crippen molar-refractivity contribution in [3.8, 4) is 11.4 Å². The monoisotopic (exact) mass is 519 g/mol. The van der Waals surface area contributed by atoms with Gasteiger partial charge in [-0.3, -0.25) is 0 Å². The second-order valence-electron chi connectivity index (χ2n) is 8.72. The number of ether oxygens (including phenoxy) is 1. The molecule has 1 atom stereocenters. The summed E-state index contributed by atoms with van der Waals surface area (Å²) in [6, 6.07) is 7.55. The number of aromatic amines is 1. The lowest BCUT2D eigenvalue weighted by Crippen LogP contribution is -2.46. The molecular weight excluding hydrogens is 494 g/mol. The molecule has 0 spiro atoms. The van der Waals surface area contributed by atoms with Gasteiger partial charge in [-0.05, 0) is 61.2 Å². The Hall–Kier alpha value is -3.93. The van der Waals surface area contributed by atoms with E-state index in [0.717, 1.165) is 25.0 Å². The van der Waals surface area contributed by atoms with E-state index in [4.69, 9.17) is 15.6 Å². The van der Waals surface area contributed by atoms with Crippen LogP contribution in [0.2, 0.25) is 0 Å². The number of nitrogens with two attached hydrogens (primary N) is 1. The number of carboxylic acid groups (broad SMARTS) is 1. The summed E-state index contributed by atoms with van der Waals surface area (Å²) < 4.78 is 59.3. The highest BCUT2D eigenvalue weighted by Gasteiger charge is 2.31. The van der Waals surface area contributed by atoms with Gasteiger partial charge in [-0.1, -0.05) is 6.07 Å². The van der Waals surface area contributed by atoms with Crippen molar-refractivity contribution in [2.45, 2.75) is 32.0 Å². The van der Waals surface area contributed by atoms with Crippen LogP contribution in [0.25, 0.3) is 28.0 Å². The van der Waals surface area contributed by atoms with Crippen molar-refractivity contribution >= 4 is 28.5 Å². The van der Waals surface area contributed by atoms with E-state index >= 15 is 0 Å². The van der Waals surface area contributed by atoms with Gasteiger partial charge in [-0.2, -0.15) is 13.2 Å². The number of hydrogen-bond donors (Lipinski definition) is 3. The van der Waals surface area contributed by atoms with Crippen LogP contribution in [0.15, 0.2) is 47.6 Å². The molecule has 1 aromatic heterocycles. The Balaban J connectivity index is 1.49. The number of nitrogens with one attached hydrogen (secondary N) is 1. The third kappa shape index (κ3) is 6.26. The molecule has 1 fully saturated rings. The standard InChI is InChI=1S/C25H25F4N5O3/c1-14(11-31-24(30)34-8-2-3-17(12-34)37-13-22(35)36)15-4-6-18(19(26)9-15)23-32-20-7-5-16(25(27,28)29)10-21(20)33-23/h4-7,9-11,17H,2-3,8,12-13H2,1H3,(H2,30,31)(H,32,33)(H,35,36)/b14-11+. The van der Waals surface area contributed by atoms with Crippen LogP contribution in [0.4, 0.5) is 17.6 Å². The van der Waals surface area contributed by atoms with Crippen LogP contribution >= 0.6 is 0 Å². The minimum atomic E-state index is -4.49. The average molecular weight is 519 g/mol. The molecule has 0 radical (unpaired) electrons. The number of aromatic nitrogens is 2. The van der Waals surface area contributed by atoms with Crippen molar-refractivity contribution in [3.63, 3.8) is 0 Å². The summed E-state index contributed by atoms with van der Waals surface area (Å²) in [6.07, 6.45) is -1.75. The van der Waals surface area contributed by atoms with Crippen LogP contribution in [-0.2, 0) is 15.7 Å². The normalized spacial score (nSPS) is 17.4. The predicted molar refractivity (Wildman–Crippen MR) is 130 cm³/mol. The summed E-state index contributed by atoms with van der Waals surface area (Å²) in [5.74, 6) is -1.29. The highest BCUT2D eigenvalue weighted by atomic mass is 19.4. The highest BCUT2D eigenvalue weighted by Crippen LogP contribution is 2.32. The molecule has 0 bridgehead atoms. The Labute approximate surface area is 209 Å². The molecule has 1 saturated heterocycles. The number of fused-ring (bicyclic) bond motifs is 1. The van der Waals surface area contributed by atoms with Crippen LogP contribution in [0.5, 0.6) is 0 Å². The number of carboxylic acids is 1. The summed E-state index contributed by atoms with van der Waals surface area (Å²) >= 11 is 0. The number of benzene rings is 2. The van der Waals surface area contributed by atoms with Gasteiger partial charge < -0.3 is 25.5 Å². The first kappa shape index (κ1) is 26.1. The zero-order valence-corrected chi connectivity index (χ0v) is 19.8. The number of rotatable bonds is 6. The first-order valence-electron chi connectivity index (χ1n) is 11.5. The minimum Gasteiger partial charge on any atom is -0.480 e. The molecule has 1 unspecified atom stereocenters. The van der Waals surface area contributed by atoms with Gasteiger partial charge in [0.25, 0.3) is 0 Å². The van der Waals surface area contributed by atoms with Crippen LogP contribution in [0.1, 0.15) is 30.9 Å². The van der Waals surface area contributed by atoms with E-state index in [1.165, 1.54) is 24.4 Å². The molecule has 12 heteroatoms. The molecular formula is C25H25F4N5O3. The molecule has 8 nitrogen and oxygen atoms in total. The Morgan fingerprint density at radius 1 is 1.32 bits per heavy atom. The van der Waals surface area contributed by atoms with Gasteiger partial charge in [-0.25, -0.2) is 19.2 Å². The number of likely N-dealkylation sites (tertiary alicyclic amines) is 1. The lowest BCUT2D eigenvalue weighted by atomic mass is 10.1. The number of nitrogens with zero attached hydrogens (tertiary/aromatic N) is 3. The number of halogens is 4. The Morgan fingerprint density at radius 2 is 2.11 bits per heavy atom. The molecule has 4 rings (SSSR count). The Kier molecular flexibility index (Phi) is 7.48. The van der Waals surface area contributed by atoms with E-state index < -0.39 is 23.5 Å². The van der Waals surface area contributed by atoms with Gasteiger partial charge in [0.15, 0.2) is 5.96 Å². The second kappa shape index (κ2) is 10.6. The fourth-order valence-electron chi connectivity index (χ4n) is 4.06. The van der Waals surface area contributed by atoms with Crippen molar-refractivity contribution < 1.29 is 32.2 Å². The van der Waals surface area contributed by atoms with Crippen molar-refractivity contribution in [3.05, 3.63) is 59.5 Å². The SMILES string of the molecule is C/C(=C\N=C(N)N1CCCC(OCC(=O)O)C1)c1ccc(-c2nc3ccc(C(F)(F)F)cc3[nH]2)c(F)c1. The Bertz CT molecular complexity index is 1370. The second-order valence-corrected chi connectivity index (χ2v) is 8.72.